The lowest BCUT2D eigenvalue weighted by molar-refractivity contribution is -0.147. The monoisotopic (exact) mass is 472 g/mol. The number of aromatic amines is 1. The molecule has 15 heteroatoms. The third-order valence-electron chi connectivity index (χ3n) is 4.49. The first-order chi connectivity index (χ1) is 15.3. The zero-order valence-electron chi connectivity index (χ0n) is 17.9. The molecule has 0 spiro atoms. The van der Waals surface area contributed by atoms with Crippen molar-refractivity contribution >= 4 is 29.7 Å². The third-order valence-corrected chi connectivity index (χ3v) is 4.49. The normalized spacial score (nSPS) is 16.4. The molecule has 6 unspecified atom stereocenters. The second-order valence-electron chi connectivity index (χ2n) is 7.33. The van der Waals surface area contributed by atoms with Gasteiger partial charge in [-0.15, -0.1) is 0 Å². The van der Waals surface area contributed by atoms with Crippen LogP contribution in [0.5, 0.6) is 0 Å². The van der Waals surface area contributed by atoms with E-state index in [0.717, 1.165) is 0 Å². The molecule has 6 atom stereocenters. The number of aliphatic carboxylic acids is 2. The summed E-state index contributed by atoms with van der Waals surface area (Å²) in [6, 6.07) is -6.17. The van der Waals surface area contributed by atoms with Crippen molar-refractivity contribution in [2.24, 2.45) is 5.73 Å². The Morgan fingerprint density at radius 3 is 2.03 bits per heavy atom. The van der Waals surface area contributed by atoms with Gasteiger partial charge in [0, 0.05) is 18.3 Å². The number of nitrogens with zero attached hydrogens (tertiary/aromatic N) is 1. The van der Waals surface area contributed by atoms with E-state index in [-0.39, 0.29) is 6.42 Å². The smallest absolute Gasteiger partial charge is 0.326 e. The van der Waals surface area contributed by atoms with Gasteiger partial charge in [-0.05, 0) is 13.8 Å². The van der Waals surface area contributed by atoms with Gasteiger partial charge < -0.3 is 47.1 Å². The minimum atomic E-state index is -1.77. The molecule has 1 rings (SSSR count). The van der Waals surface area contributed by atoms with Crippen LogP contribution in [0.2, 0.25) is 0 Å². The molecule has 0 fully saturated rings. The van der Waals surface area contributed by atoms with Crippen molar-refractivity contribution in [3.05, 3.63) is 18.2 Å². The Labute approximate surface area is 187 Å². The summed E-state index contributed by atoms with van der Waals surface area (Å²) in [5, 5.41) is 43.9. The van der Waals surface area contributed by atoms with Gasteiger partial charge in [0.2, 0.25) is 17.7 Å². The summed E-state index contributed by atoms with van der Waals surface area (Å²) in [6.07, 6.45) is -1.16. The van der Waals surface area contributed by atoms with E-state index in [4.69, 9.17) is 15.9 Å². The van der Waals surface area contributed by atoms with Crippen LogP contribution in [0.3, 0.4) is 0 Å². The maximum Gasteiger partial charge on any atom is 0.326 e. The van der Waals surface area contributed by atoms with Gasteiger partial charge in [0.25, 0.3) is 0 Å². The summed E-state index contributed by atoms with van der Waals surface area (Å²) in [6.45, 7) is 2.44. The summed E-state index contributed by atoms with van der Waals surface area (Å²) >= 11 is 0. The average Bonchev–Trinajstić information content (AvgIpc) is 3.22. The van der Waals surface area contributed by atoms with Crippen LogP contribution in [0.15, 0.2) is 12.5 Å². The third kappa shape index (κ3) is 8.83. The molecule has 33 heavy (non-hydrogen) atoms. The average molecular weight is 472 g/mol. The Kier molecular flexibility index (Phi) is 10.4. The van der Waals surface area contributed by atoms with Crippen LogP contribution in [0, 0.1) is 0 Å². The number of carboxylic acids is 2. The zero-order chi connectivity index (χ0) is 25.3. The Bertz CT molecular complexity index is 842. The number of H-pyrrole nitrogens is 1. The first-order valence-electron chi connectivity index (χ1n) is 9.78. The van der Waals surface area contributed by atoms with Crippen LogP contribution >= 0.6 is 0 Å². The van der Waals surface area contributed by atoms with E-state index < -0.39 is 72.5 Å². The summed E-state index contributed by atoms with van der Waals surface area (Å²) in [5.74, 6) is -6.04. The second kappa shape index (κ2) is 12.5. The van der Waals surface area contributed by atoms with Crippen LogP contribution in [0.25, 0.3) is 0 Å². The number of aliphatic hydroxyl groups is 2. The fourth-order valence-electron chi connectivity index (χ4n) is 2.61. The largest absolute Gasteiger partial charge is 0.481 e. The van der Waals surface area contributed by atoms with Crippen molar-refractivity contribution in [2.75, 3.05) is 0 Å². The van der Waals surface area contributed by atoms with Crippen LogP contribution in [-0.2, 0) is 30.4 Å². The van der Waals surface area contributed by atoms with Gasteiger partial charge in [0.1, 0.15) is 24.2 Å². The summed E-state index contributed by atoms with van der Waals surface area (Å²) in [4.78, 5) is 66.2. The number of carboxylic acid groups (broad SMARTS) is 2. The van der Waals surface area contributed by atoms with Crippen molar-refractivity contribution in [3.63, 3.8) is 0 Å². The first-order valence-corrected chi connectivity index (χ1v) is 9.78. The summed E-state index contributed by atoms with van der Waals surface area (Å²) in [7, 11) is 0. The number of aliphatic hydroxyl groups excluding tert-OH is 2. The van der Waals surface area contributed by atoms with Crippen molar-refractivity contribution < 1.29 is 44.4 Å². The molecule has 0 saturated carbocycles. The predicted octanol–water partition coefficient (Wildman–Crippen LogP) is -3.95. The van der Waals surface area contributed by atoms with Gasteiger partial charge in [-0.2, -0.15) is 0 Å². The molecule has 0 radical (unpaired) electrons. The summed E-state index contributed by atoms with van der Waals surface area (Å²) < 4.78 is 0. The van der Waals surface area contributed by atoms with E-state index in [1.54, 1.807) is 0 Å². The molecule has 0 aliphatic rings. The Morgan fingerprint density at radius 1 is 0.970 bits per heavy atom. The number of rotatable bonds is 13. The van der Waals surface area contributed by atoms with Gasteiger partial charge in [0.05, 0.1) is 25.0 Å². The number of hydrogen-bond donors (Lipinski definition) is 9. The molecular weight excluding hydrogens is 444 g/mol. The topological polar surface area (TPSA) is 257 Å². The number of amides is 3. The molecule has 0 saturated heterocycles. The fourth-order valence-corrected chi connectivity index (χ4v) is 2.61. The van der Waals surface area contributed by atoms with Crippen molar-refractivity contribution in [1.29, 1.82) is 0 Å². The minimum absolute atomic E-state index is 0.204. The fraction of sp³-hybridized carbons (Fsp3) is 0.556. The maximum atomic E-state index is 12.7. The van der Waals surface area contributed by atoms with Crippen LogP contribution in [0.4, 0.5) is 0 Å². The lowest BCUT2D eigenvalue weighted by Crippen LogP contribution is -2.61. The number of carbonyl (C=O) groups is 5. The lowest BCUT2D eigenvalue weighted by Gasteiger charge is -2.26. The highest BCUT2D eigenvalue weighted by Crippen LogP contribution is 2.04. The molecule has 0 aromatic carbocycles. The molecule has 1 aromatic rings. The number of hydrogen-bond acceptors (Lipinski definition) is 9. The molecule has 184 valence electrons. The highest BCUT2D eigenvalue weighted by molar-refractivity contribution is 5.95. The quantitative estimate of drug-likeness (QED) is 0.134. The van der Waals surface area contributed by atoms with E-state index >= 15 is 0 Å². The number of aromatic nitrogens is 2. The molecule has 0 bridgehead atoms. The molecular formula is C18H28N6O9. The number of nitrogens with one attached hydrogen (secondary N) is 4. The molecule has 15 nitrogen and oxygen atoms in total. The van der Waals surface area contributed by atoms with E-state index in [0.29, 0.717) is 5.69 Å². The highest BCUT2D eigenvalue weighted by Gasteiger charge is 2.33. The molecule has 10 N–H and O–H groups in total. The molecule has 0 aliphatic carbocycles. The van der Waals surface area contributed by atoms with Crippen LogP contribution in [-0.4, -0.2) is 96.4 Å². The van der Waals surface area contributed by atoms with Gasteiger partial charge in [-0.25, -0.2) is 9.78 Å². The van der Waals surface area contributed by atoms with Gasteiger partial charge in [-0.3, -0.25) is 19.2 Å². The molecule has 1 heterocycles. The predicted molar refractivity (Wildman–Crippen MR) is 109 cm³/mol. The van der Waals surface area contributed by atoms with Gasteiger partial charge in [-0.1, -0.05) is 0 Å². The lowest BCUT2D eigenvalue weighted by atomic mass is 10.1. The van der Waals surface area contributed by atoms with E-state index in [1.807, 2.05) is 5.32 Å². The zero-order valence-corrected chi connectivity index (χ0v) is 17.9. The number of carbonyl (C=O) groups excluding carboxylic acids is 3. The molecule has 1 aromatic heterocycles. The highest BCUT2D eigenvalue weighted by atomic mass is 16.4. The SMILES string of the molecule is CC(O)C(N)C(=O)NC(C(=O)NC(Cc1cnc[nH]1)C(=O)NC(CC(=O)O)C(=O)O)C(C)O. The molecule has 0 aliphatic heterocycles. The second-order valence-corrected chi connectivity index (χ2v) is 7.33. The number of nitrogens with two attached hydrogens (primary N) is 1. The maximum absolute atomic E-state index is 12.7. The minimum Gasteiger partial charge on any atom is -0.481 e. The molecule has 3 amide bonds. The van der Waals surface area contributed by atoms with E-state index in [9.17, 15) is 34.2 Å². The Hall–Kier alpha value is -3.56. The van der Waals surface area contributed by atoms with E-state index in [1.165, 1.54) is 26.4 Å². The van der Waals surface area contributed by atoms with Crippen molar-refractivity contribution in [3.8, 4) is 0 Å². The van der Waals surface area contributed by atoms with Gasteiger partial charge in [0.15, 0.2) is 0 Å². The van der Waals surface area contributed by atoms with Crippen LogP contribution in [0.1, 0.15) is 26.0 Å². The Balaban J connectivity index is 3.06. The van der Waals surface area contributed by atoms with Crippen LogP contribution < -0.4 is 21.7 Å². The van der Waals surface area contributed by atoms with Crippen molar-refractivity contribution in [2.45, 2.75) is 63.1 Å². The number of imidazole rings is 1. The van der Waals surface area contributed by atoms with Gasteiger partial charge >= 0.3 is 11.9 Å². The Morgan fingerprint density at radius 2 is 1.58 bits per heavy atom. The first kappa shape index (κ1) is 27.5. The summed E-state index contributed by atoms with van der Waals surface area (Å²) in [5.41, 5.74) is 5.89. The van der Waals surface area contributed by atoms with Crippen molar-refractivity contribution in [1.82, 2.24) is 25.9 Å². The standard InChI is InChI=1S/C18H28N6O9/c1-7(25)13(19)16(30)24-14(8(2)26)17(31)22-10(3-9-5-20-6-21-9)15(29)23-11(18(32)33)4-12(27)28/h5-8,10-11,13-14,25-26H,3-4,19H2,1-2H3,(H,20,21)(H,22,31)(H,23,29)(H,24,30)(H,27,28)(H,32,33). The van der Waals surface area contributed by atoms with E-state index in [2.05, 4.69) is 20.6 Å².